The van der Waals surface area contributed by atoms with Crippen molar-refractivity contribution in [2.24, 2.45) is 11.8 Å². The van der Waals surface area contributed by atoms with Crippen molar-refractivity contribution >= 4 is 5.97 Å². The minimum absolute atomic E-state index is 0.234. The third kappa shape index (κ3) is 3.29. The molecule has 0 aromatic carbocycles. The fourth-order valence-corrected chi connectivity index (χ4v) is 2.23. The maximum Gasteiger partial charge on any atom is 0.304 e. The Morgan fingerprint density at radius 3 is 2.79 bits per heavy atom. The monoisotopic (exact) mass is 199 g/mol. The molecule has 0 aromatic heterocycles. The Labute approximate surface area is 85.9 Å². The Bertz CT molecular complexity index is 194. The van der Waals surface area contributed by atoms with Gasteiger partial charge in [-0.3, -0.25) is 4.79 Å². The van der Waals surface area contributed by atoms with Gasteiger partial charge in [0.05, 0.1) is 6.42 Å². The molecule has 0 aromatic rings. The Balaban J connectivity index is 2.25. The first kappa shape index (κ1) is 11.5. The molecule has 1 aliphatic rings. The molecule has 3 atom stereocenters. The first-order valence-electron chi connectivity index (χ1n) is 5.56. The number of hydrogen-bond donors (Lipinski definition) is 2. The van der Waals surface area contributed by atoms with E-state index in [-0.39, 0.29) is 6.42 Å². The molecule has 1 saturated carbocycles. The number of rotatable bonds is 4. The lowest BCUT2D eigenvalue weighted by Crippen LogP contribution is -2.41. The first-order valence-corrected chi connectivity index (χ1v) is 5.56. The van der Waals surface area contributed by atoms with Crippen LogP contribution in [-0.4, -0.2) is 23.7 Å². The highest BCUT2D eigenvalue weighted by Gasteiger charge is 2.26. The van der Waals surface area contributed by atoms with Crippen LogP contribution >= 0.6 is 0 Å². The number of hydrogen-bond acceptors (Lipinski definition) is 2. The summed E-state index contributed by atoms with van der Waals surface area (Å²) in [6.07, 6.45) is 4.03. The van der Waals surface area contributed by atoms with Gasteiger partial charge in [-0.15, -0.1) is 0 Å². The summed E-state index contributed by atoms with van der Waals surface area (Å²) in [5.41, 5.74) is 0. The van der Waals surface area contributed by atoms with Crippen molar-refractivity contribution in [3.8, 4) is 0 Å². The number of carboxylic acid groups (broad SMARTS) is 1. The van der Waals surface area contributed by atoms with E-state index in [4.69, 9.17) is 5.11 Å². The zero-order valence-electron chi connectivity index (χ0n) is 9.12. The molecule has 2 N–H and O–H groups in total. The fourth-order valence-electron chi connectivity index (χ4n) is 2.23. The molecule has 82 valence electrons. The molecule has 0 saturated heterocycles. The molecular weight excluding hydrogens is 178 g/mol. The zero-order chi connectivity index (χ0) is 10.6. The molecule has 3 nitrogen and oxygen atoms in total. The second kappa shape index (κ2) is 5.35. The van der Waals surface area contributed by atoms with E-state index in [9.17, 15) is 4.79 Å². The maximum atomic E-state index is 10.3. The number of nitrogens with one attached hydrogen (secondary N) is 1. The average Bonchev–Trinajstić information content (AvgIpc) is 2.12. The van der Waals surface area contributed by atoms with Gasteiger partial charge in [0.2, 0.25) is 0 Å². The molecule has 0 spiro atoms. The summed E-state index contributed by atoms with van der Waals surface area (Å²) in [7, 11) is 0. The Kier molecular flexibility index (Phi) is 4.39. The number of carboxylic acids is 1. The largest absolute Gasteiger partial charge is 0.481 e. The summed E-state index contributed by atoms with van der Waals surface area (Å²) in [5, 5.41) is 11.9. The van der Waals surface area contributed by atoms with Gasteiger partial charge in [0.1, 0.15) is 0 Å². The molecule has 3 heteroatoms. The SMILES string of the molecule is CC1CCCC(NCCC(=O)O)C1C. The Hall–Kier alpha value is -0.570. The molecule has 0 aliphatic heterocycles. The highest BCUT2D eigenvalue weighted by molar-refractivity contribution is 5.66. The molecular formula is C11H21NO2. The summed E-state index contributed by atoms with van der Waals surface area (Å²) in [4.78, 5) is 10.3. The number of carbonyl (C=O) groups is 1. The lowest BCUT2D eigenvalue weighted by molar-refractivity contribution is -0.136. The van der Waals surface area contributed by atoms with Crippen molar-refractivity contribution in [3.63, 3.8) is 0 Å². The van der Waals surface area contributed by atoms with Crippen LogP contribution in [0.25, 0.3) is 0 Å². The van der Waals surface area contributed by atoms with Gasteiger partial charge >= 0.3 is 5.97 Å². The van der Waals surface area contributed by atoms with Gasteiger partial charge in [-0.25, -0.2) is 0 Å². The molecule has 0 radical (unpaired) electrons. The minimum atomic E-state index is -0.714. The Morgan fingerprint density at radius 2 is 2.14 bits per heavy atom. The molecule has 14 heavy (non-hydrogen) atoms. The van der Waals surface area contributed by atoms with Gasteiger partial charge in [-0.05, 0) is 18.3 Å². The van der Waals surface area contributed by atoms with Crippen LogP contribution in [-0.2, 0) is 4.79 Å². The van der Waals surface area contributed by atoms with Crippen LogP contribution in [0, 0.1) is 11.8 Å². The van der Waals surface area contributed by atoms with Crippen molar-refractivity contribution in [3.05, 3.63) is 0 Å². The van der Waals surface area contributed by atoms with E-state index < -0.39 is 5.97 Å². The summed E-state index contributed by atoms with van der Waals surface area (Å²) in [6, 6.07) is 0.526. The maximum absolute atomic E-state index is 10.3. The van der Waals surface area contributed by atoms with Crippen LogP contribution in [0.4, 0.5) is 0 Å². The van der Waals surface area contributed by atoms with Crippen molar-refractivity contribution < 1.29 is 9.90 Å². The van der Waals surface area contributed by atoms with Gasteiger partial charge in [0.15, 0.2) is 0 Å². The highest BCUT2D eigenvalue weighted by Crippen LogP contribution is 2.29. The van der Waals surface area contributed by atoms with Gasteiger partial charge in [0, 0.05) is 12.6 Å². The number of aliphatic carboxylic acids is 1. The third-order valence-electron chi connectivity index (χ3n) is 3.45. The third-order valence-corrected chi connectivity index (χ3v) is 3.45. The van der Waals surface area contributed by atoms with Gasteiger partial charge < -0.3 is 10.4 Å². The topological polar surface area (TPSA) is 49.3 Å². The summed E-state index contributed by atoms with van der Waals surface area (Å²) in [5.74, 6) is 0.734. The van der Waals surface area contributed by atoms with Crippen LogP contribution in [0.3, 0.4) is 0 Å². The van der Waals surface area contributed by atoms with Crippen LogP contribution in [0.15, 0.2) is 0 Å². The van der Waals surface area contributed by atoms with E-state index in [1.165, 1.54) is 19.3 Å². The molecule has 0 bridgehead atoms. The molecule has 0 heterocycles. The van der Waals surface area contributed by atoms with Crippen LogP contribution in [0.2, 0.25) is 0 Å². The second-order valence-electron chi connectivity index (χ2n) is 4.47. The van der Waals surface area contributed by atoms with E-state index in [1.54, 1.807) is 0 Å². The molecule has 0 amide bonds. The van der Waals surface area contributed by atoms with Crippen molar-refractivity contribution in [2.45, 2.75) is 45.6 Å². The van der Waals surface area contributed by atoms with Gasteiger partial charge in [-0.2, -0.15) is 0 Å². The molecule has 3 unspecified atom stereocenters. The van der Waals surface area contributed by atoms with E-state index >= 15 is 0 Å². The molecule has 1 rings (SSSR count). The standard InChI is InChI=1S/C11H21NO2/c1-8-4-3-5-10(9(8)2)12-7-6-11(13)14/h8-10,12H,3-7H2,1-2H3,(H,13,14). The minimum Gasteiger partial charge on any atom is -0.481 e. The quantitative estimate of drug-likeness (QED) is 0.726. The van der Waals surface area contributed by atoms with Crippen molar-refractivity contribution in [2.75, 3.05) is 6.54 Å². The Morgan fingerprint density at radius 1 is 1.43 bits per heavy atom. The summed E-state index contributed by atoms with van der Waals surface area (Å²) in [6.45, 7) is 5.16. The predicted octanol–water partition coefficient (Wildman–Crippen LogP) is 1.88. The van der Waals surface area contributed by atoms with Crippen molar-refractivity contribution in [1.29, 1.82) is 0 Å². The van der Waals surface area contributed by atoms with Crippen LogP contribution in [0.1, 0.15) is 39.5 Å². The average molecular weight is 199 g/mol. The predicted molar refractivity (Wildman–Crippen MR) is 56.2 cm³/mol. The zero-order valence-corrected chi connectivity index (χ0v) is 9.12. The summed E-state index contributed by atoms with van der Waals surface area (Å²) < 4.78 is 0. The fraction of sp³-hybridized carbons (Fsp3) is 0.909. The van der Waals surface area contributed by atoms with Crippen molar-refractivity contribution in [1.82, 2.24) is 5.32 Å². The molecule has 1 aliphatic carbocycles. The van der Waals surface area contributed by atoms with Crippen LogP contribution < -0.4 is 5.32 Å². The first-order chi connectivity index (χ1) is 6.61. The van der Waals surface area contributed by atoms with E-state index in [0.29, 0.717) is 18.5 Å². The molecule has 1 fully saturated rings. The lowest BCUT2D eigenvalue weighted by Gasteiger charge is -2.34. The van der Waals surface area contributed by atoms with E-state index in [1.807, 2.05) is 0 Å². The van der Waals surface area contributed by atoms with E-state index in [2.05, 4.69) is 19.2 Å². The van der Waals surface area contributed by atoms with Crippen LogP contribution in [0.5, 0.6) is 0 Å². The highest BCUT2D eigenvalue weighted by atomic mass is 16.4. The van der Waals surface area contributed by atoms with E-state index in [0.717, 1.165) is 5.92 Å². The lowest BCUT2D eigenvalue weighted by atomic mass is 9.78. The second-order valence-corrected chi connectivity index (χ2v) is 4.47. The smallest absolute Gasteiger partial charge is 0.304 e. The summed E-state index contributed by atoms with van der Waals surface area (Å²) >= 11 is 0. The normalized spacial score (nSPS) is 32.9. The van der Waals surface area contributed by atoms with Gasteiger partial charge in [0.25, 0.3) is 0 Å². The van der Waals surface area contributed by atoms with Gasteiger partial charge in [-0.1, -0.05) is 26.7 Å².